The van der Waals surface area contributed by atoms with Crippen LogP contribution in [0.4, 0.5) is 10.5 Å². The summed E-state index contributed by atoms with van der Waals surface area (Å²) in [6.45, 7) is 6.94. The summed E-state index contributed by atoms with van der Waals surface area (Å²) >= 11 is 0. The molecule has 2 amide bonds. The molecule has 1 heterocycles. The molecule has 2 unspecified atom stereocenters. The molecule has 2 rings (SSSR count). The van der Waals surface area contributed by atoms with Gasteiger partial charge in [0.25, 0.3) is 5.91 Å². The molecule has 0 radical (unpaired) electrons. The standard InChI is InChI=1S/C21H28N2O8/c1-5-29-19(27)14(23-20(28)31-21(2,3)4)11-12-6-7-15-13(10-12)22-18(26)16(30-15)8-9-17(24)25/h6-7,10,14,16H,5,8-9,11H2,1-4H3,(H,22,26)(H,23,28)(H,24,25). The minimum atomic E-state index is -1.01. The second kappa shape index (κ2) is 10.1. The maximum absolute atomic E-state index is 12.3. The van der Waals surface area contributed by atoms with Crippen molar-refractivity contribution in [1.82, 2.24) is 5.32 Å². The van der Waals surface area contributed by atoms with Crippen molar-refractivity contribution in [2.24, 2.45) is 0 Å². The van der Waals surface area contributed by atoms with E-state index in [1.807, 2.05) is 0 Å². The number of amides is 2. The summed E-state index contributed by atoms with van der Waals surface area (Å²) in [6.07, 6.45) is -1.68. The summed E-state index contributed by atoms with van der Waals surface area (Å²) in [5.74, 6) is -1.67. The summed E-state index contributed by atoms with van der Waals surface area (Å²) in [4.78, 5) is 47.4. The molecule has 1 aromatic rings. The molecule has 0 fully saturated rings. The monoisotopic (exact) mass is 436 g/mol. The molecule has 0 bridgehead atoms. The van der Waals surface area contributed by atoms with E-state index in [0.29, 0.717) is 17.0 Å². The number of esters is 1. The average Bonchev–Trinajstić information content (AvgIpc) is 2.64. The number of ether oxygens (including phenoxy) is 3. The molecule has 31 heavy (non-hydrogen) atoms. The Morgan fingerprint density at radius 1 is 1.29 bits per heavy atom. The van der Waals surface area contributed by atoms with Gasteiger partial charge < -0.3 is 30.0 Å². The molecule has 0 aliphatic carbocycles. The highest BCUT2D eigenvalue weighted by Gasteiger charge is 2.30. The Balaban J connectivity index is 2.12. The van der Waals surface area contributed by atoms with Crippen LogP contribution >= 0.6 is 0 Å². The lowest BCUT2D eigenvalue weighted by Crippen LogP contribution is -2.45. The van der Waals surface area contributed by atoms with Gasteiger partial charge in [-0.3, -0.25) is 9.59 Å². The van der Waals surface area contributed by atoms with Crippen LogP contribution in [0.5, 0.6) is 5.75 Å². The van der Waals surface area contributed by atoms with E-state index in [2.05, 4.69) is 10.6 Å². The first kappa shape index (κ1) is 24.0. The minimum Gasteiger partial charge on any atom is -0.481 e. The van der Waals surface area contributed by atoms with E-state index in [-0.39, 0.29) is 25.9 Å². The third kappa shape index (κ3) is 7.47. The Kier molecular flexibility index (Phi) is 7.84. The van der Waals surface area contributed by atoms with Crippen LogP contribution < -0.4 is 15.4 Å². The summed E-state index contributed by atoms with van der Waals surface area (Å²) in [5.41, 5.74) is 0.308. The Hall–Kier alpha value is -3.30. The van der Waals surface area contributed by atoms with Crippen molar-refractivity contribution in [1.29, 1.82) is 0 Å². The van der Waals surface area contributed by atoms with Gasteiger partial charge in [-0.05, 0) is 45.4 Å². The van der Waals surface area contributed by atoms with Gasteiger partial charge in [-0.15, -0.1) is 0 Å². The Labute approximate surface area is 180 Å². The van der Waals surface area contributed by atoms with Crippen LogP contribution in [0.1, 0.15) is 46.1 Å². The predicted octanol–water partition coefficient (Wildman–Crippen LogP) is 2.25. The summed E-state index contributed by atoms with van der Waals surface area (Å²) < 4.78 is 15.9. The van der Waals surface area contributed by atoms with Gasteiger partial charge in [0, 0.05) is 19.3 Å². The number of anilines is 1. The Bertz CT molecular complexity index is 846. The number of carbonyl (C=O) groups is 4. The normalized spacial score (nSPS) is 16.3. The Morgan fingerprint density at radius 3 is 2.61 bits per heavy atom. The fourth-order valence-corrected chi connectivity index (χ4v) is 2.89. The molecule has 170 valence electrons. The molecule has 10 heteroatoms. The zero-order chi connectivity index (χ0) is 23.2. The van der Waals surface area contributed by atoms with Crippen molar-refractivity contribution in [2.45, 2.75) is 64.7 Å². The van der Waals surface area contributed by atoms with E-state index in [4.69, 9.17) is 19.3 Å². The average molecular weight is 436 g/mol. The number of fused-ring (bicyclic) bond motifs is 1. The predicted molar refractivity (Wildman–Crippen MR) is 110 cm³/mol. The van der Waals surface area contributed by atoms with Crippen molar-refractivity contribution in [3.63, 3.8) is 0 Å². The van der Waals surface area contributed by atoms with Gasteiger partial charge in [0.2, 0.25) is 0 Å². The van der Waals surface area contributed by atoms with Crippen LogP contribution in [0.2, 0.25) is 0 Å². The van der Waals surface area contributed by atoms with Crippen molar-refractivity contribution in [3.05, 3.63) is 23.8 Å². The van der Waals surface area contributed by atoms with E-state index < -0.39 is 41.7 Å². The number of hydrogen-bond acceptors (Lipinski definition) is 7. The van der Waals surface area contributed by atoms with Crippen LogP contribution in [0.15, 0.2) is 18.2 Å². The molecule has 1 aliphatic rings. The molecular formula is C21H28N2O8. The number of carboxylic acid groups (broad SMARTS) is 1. The van der Waals surface area contributed by atoms with Crippen LogP contribution in [-0.2, 0) is 30.3 Å². The highest BCUT2D eigenvalue weighted by atomic mass is 16.6. The van der Waals surface area contributed by atoms with Gasteiger partial charge in [-0.25, -0.2) is 9.59 Å². The first-order valence-corrected chi connectivity index (χ1v) is 9.97. The molecule has 1 aromatic carbocycles. The fraction of sp³-hybridized carbons (Fsp3) is 0.524. The second-order valence-electron chi connectivity index (χ2n) is 8.01. The van der Waals surface area contributed by atoms with Crippen LogP contribution in [-0.4, -0.2) is 53.4 Å². The largest absolute Gasteiger partial charge is 0.481 e. The van der Waals surface area contributed by atoms with Gasteiger partial charge >= 0.3 is 18.0 Å². The smallest absolute Gasteiger partial charge is 0.408 e. The lowest BCUT2D eigenvalue weighted by molar-refractivity contribution is -0.145. The Morgan fingerprint density at radius 2 is 2.00 bits per heavy atom. The zero-order valence-electron chi connectivity index (χ0n) is 18.0. The SMILES string of the molecule is CCOC(=O)C(Cc1ccc2c(c1)NC(=O)C(CCC(=O)O)O2)NC(=O)OC(C)(C)C. The highest BCUT2D eigenvalue weighted by Crippen LogP contribution is 2.32. The number of aliphatic carboxylic acids is 1. The van der Waals surface area contributed by atoms with E-state index >= 15 is 0 Å². The number of carboxylic acids is 1. The molecule has 3 N–H and O–H groups in total. The van der Waals surface area contributed by atoms with Crippen LogP contribution in [0.25, 0.3) is 0 Å². The number of alkyl carbamates (subject to hydrolysis) is 1. The van der Waals surface area contributed by atoms with E-state index in [9.17, 15) is 19.2 Å². The number of rotatable bonds is 8. The molecule has 2 atom stereocenters. The quantitative estimate of drug-likeness (QED) is 0.527. The first-order chi connectivity index (χ1) is 14.5. The minimum absolute atomic E-state index is 0.0487. The van der Waals surface area contributed by atoms with Crippen LogP contribution in [0, 0.1) is 0 Å². The van der Waals surface area contributed by atoms with Gasteiger partial charge in [0.1, 0.15) is 17.4 Å². The molecule has 0 spiro atoms. The molecular weight excluding hydrogens is 408 g/mol. The van der Waals surface area contributed by atoms with Gasteiger partial charge in [-0.2, -0.15) is 0 Å². The van der Waals surface area contributed by atoms with Crippen molar-refractivity contribution < 1.29 is 38.5 Å². The highest BCUT2D eigenvalue weighted by molar-refractivity contribution is 5.98. The van der Waals surface area contributed by atoms with Crippen molar-refractivity contribution in [2.75, 3.05) is 11.9 Å². The van der Waals surface area contributed by atoms with Crippen LogP contribution in [0.3, 0.4) is 0 Å². The topological polar surface area (TPSA) is 140 Å². The summed E-state index contributed by atoms with van der Waals surface area (Å²) in [7, 11) is 0. The number of benzene rings is 1. The third-order valence-corrected chi connectivity index (χ3v) is 4.19. The van der Waals surface area contributed by atoms with Gasteiger partial charge in [-0.1, -0.05) is 6.07 Å². The molecule has 10 nitrogen and oxygen atoms in total. The summed E-state index contributed by atoms with van der Waals surface area (Å²) in [5, 5.41) is 14.0. The molecule has 0 saturated carbocycles. The lowest BCUT2D eigenvalue weighted by Gasteiger charge is -2.26. The first-order valence-electron chi connectivity index (χ1n) is 9.97. The van der Waals surface area contributed by atoms with Gasteiger partial charge in [0.15, 0.2) is 6.10 Å². The van der Waals surface area contributed by atoms with E-state index in [0.717, 1.165) is 0 Å². The fourth-order valence-electron chi connectivity index (χ4n) is 2.89. The van der Waals surface area contributed by atoms with Gasteiger partial charge in [0.05, 0.1) is 12.3 Å². The number of nitrogens with one attached hydrogen (secondary N) is 2. The molecule has 0 saturated heterocycles. The van der Waals surface area contributed by atoms with E-state index in [1.165, 1.54) is 0 Å². The maximum Gasteiger partial charge on any atom is 0.408 e. The van der Waals surface area contributed by atoms with Crippen molar-refractivity contribution >= 4 is 29.6 Å². The maximum atomic E-state index is 12.3. The third-order valence-electron chi connectivity index (χ3n) is 4.19. The molecule has 0 aromatic heterocycles. The van der Waals surface area contributed by atoms with E-state index in [1.54, 1.807) is 45.9 Å². The lowest BCUT2D eigenvalue weighted by atomic mass is 10.0. The zero-order valence-corrected chi connectivity index (χ0v) is 18.0. The number of hydrogen-bond donors (Lipinski definition) is 3. The second-order valence-corrected chi connectivity index (χ2v) is 8.01. The summed E-state index contributed by atoms with van der Waals surface area (Å²) in [6, 6.07) is 3.95. The molecule has 1 aliphatic heterocycles. The number of carbonyl (C=O) groups excluding carboxylic acids is 3. The van der Waals surface area contributed by atoms with Crippen molar-refractivity contribution in [3.8, 4) is 5.75 Å².